The number of nitrogens with zero attached hydrogens (tertiary/aromatic N) is 1. The lowest BCUT2D eigenvalue weighted by atomic mass is 10.1. The van der Waals surface area contributed by atoms with Crippen LogP contribution in [0.2, 0.25) is 18.1 Å². The summed E-state index contributed by atoms with van der Waals surface area (Å²) in [6, 6.07) is 0. The van der Waals surface area contributed by atoms with E-state index in [-0.39, 0.29) is 34.5 Å². The number of rotatable bonds is 6. The van der Waals surface area contributed by atoms with Crippen molar-refractivity contribution in [2.75, 3.05) is 19.0 Å². The van der Waals surface area contributed by atoms with Crippen molar-refractivity contribution in [3.63, 3.8) is 0 Å². The lowest BCUT2D eigenvalue weighted by Gasteiger charge is -2.45. The topological polar surface area (TPSA) is 74.3 Å². The average molecular weight is 464 g/mol. The van der Waals surface area contributed by atoms with E-state index in [1.54, 1.807) is 18.7 Å². The second-order valence-electron chi connectivity index (χ2n) is 10.5. The molecule has 1 fully saturated rings. The summed E-state index contributed by atoms with van der Waals surface area (Å²) in [5, 5.41) is 0.165. The summed E-state index contributed by atoms with van der Waals surface area (Å²) in [7, 11) is -2.05. The lowest BCUT2D eigenvalue weighted by molar-refractivity contribution is 0.00713. The van der Waals surface area contributed by atoms with Gasteiger partial charge in [-0.25, -0.2) is 9.59 Å². The van der Waals surface area contributed by atoms with Gasteiger partial charge in [-0.3, -0.25) is 0 Å². The molecule has 0 spiro atoms. The van der Waals surface area contributed by atoms with Crippen molar-refractivity contribution in [3.8, 4) is 0 Å². The van der Waals surface area contributed by atoms with Crippen molar-refractivity contribution in [2.24, 2.45) is 0 Å². The summed E-state index contributed by atoms with van der Waals surface area (Å²) in [5.41, 5.74) is -0.539. The second kappa shape index (κ2) is 10.6. The standard InChI is InChI=1S/C21H41NO6SSi/c1-15(2)26-19(24)25-14-29-17-11-12-22(18(23)27-20(3,4)5)13-16(17)28-30(9,10)21(6,7)8/h15-17H,11-14H2,1-10H3. The molecule has 176 valence electrons. The molecule has 9 heteroatoms. The molecule has 1 amide bonds. The quantitative estimate of drug-likeness (QED) is 0.287. The Morgan fingerprint density at radius 3 is 2.23 bits per heavy atom. The normalized spacial score (nSPS) is 20.8. The molecule has 2 atom stereocenters. The van der Waals surface area contributed by atoms with Gasteiger partial charge in [0.2, 0.25) is 0 Å². The third-order valence-corrected chi connectivity index (χ3v) is 10.9. The predicted molar refractivity (Wildman–Crippen MR) is 123 cm³/mol. The van der Waals surface area contributed by atoms with Crippen molar-refractivity contribution in [3.05, 3.63) is 0 Å². The van der Waals surface area contributed by atoms with Crippen molar-refractivity contribution in [2.45, 2.75) is 103 Å². The highest BCUT2D eigenvalue weighted by Gasteiger charge is 2.43. The molecule has 30 heavy (non-hydrogen) atoms. The summed E-state index contributed by atoms with van der Waals surface area (Å²) in [6.07, 6.45) is -0.598. The molecular formula is C21H41NO6SSi. The summed E-state index contributed by atoms with van der Waals surface area (Å²) >= 11 is 1.53. The van der Waals surface area contributed by atoms with E-state index in [0.29, 0.717) is 13.1 Å². The Hall–Kier alpha value is -0.933. The van der Waals surface area contributed by atoms with Crippen LogP contribution in [0, 0.1) is 0 Å². The van der Waals surface area contributed by atoms with Gasteiger partial charge in [-0.05, 0) is 59.2 Å². The van der Waals surface area contributed by atoms with Crippen LogP contribution in [0.1, 0.15) is 61.8 Å². The van der Waals surface area contributed by atoms with Crippen LogP contribution in [-0.4, -0.2) is 67.6 Å². The Balaban J connectivity index is 2.83. The van der Waals surface area contributed by atoms with Crippen LogP contribution in [0.15, 0.2) is 0 Å². The summed E-state index contributed by atoms with van der Waals surface area (Å²) in [4.78, 5) is 26.0. The van der Waals surface area contributed by atoms with Gasteiger partial charge in [0.05, 0.1) is 18.8 Å². The fourth-order valence-corrected chi connectivity index (χ4v) is 5.06. The van der Waals surface area contributed by atoms with E-state index in [1.807, 2.05) is 20.8 Å². The van der Waals surface area contributed by atoms with E-state index in [4.69, 9.17) is 18.6 Å². The Kier molecular flexibility index (Phi) is 9.57. The Bertz CT molecular complexity index is 585. The minimum atomic E-state index is -2.05. The van der Waals surface area contributed by atoms with Crippen molar-refractivity contribution < 1.29 is 28.2 Å². The first-order valence-corrected chi connectivity index (χ1v) is 14.6. The van der Waals surface area contributed by atoms with E-state index in [1.165, 1.54) is 11.8 Å². The smallest absolute Gasteiger partial charge is 0.444 e. The number of carbonyl (C=O) groups is 2. The molecule has 0 N–H and O–H groups in total. The van der Waals surface area contributed by atoms with Crippen LogP contribution >= 0.6 is 11.8 Å². The second-order valence-corrected chi connectivity index (χ2v) is 16.4. The first kappa shape index (κ1) is 27.1. The Labute approximate surface area is 187 Å². The SMILES string of the molecule is CC(C)OC(=O)OCSC1CCN(C(=O)OC(C)(C)C)CC1O[Si](C)(C)C(C)(C)C. The molecule has 2 unspecified atom stereocenters. The van der Waals surface area contributed by atoms with E-state index < -0.39 is 20.1 Å². The summed E-state index contributed by atoms with van der Waals surface area (Å²) in [5.74, 6) is 0.194. The first-order chi connectivity index (χ1) is 13.5. The van der Waals surface area contributed by atoms with Gasteiger partial charge in [0, 0.05) is 11.8 Å². The van der Waals surface area contributed by atoms with Crippen molar-refractivity contribution in [1.29, 1.82) is 0 Å². The molecule has 1 aliphatic rings. The van der Waals surface area contributed by atoms with Crippen LogP contribution < -0.4 is 0 Å². The zero-order valence-electron chi connectivity index (χ0n) is 20.4. The van der Waals surface area contributed by atoms with Crippen LogP contribution in [0.5, 0.6) is 0 Å². The fourth-order valence-electron chi connectivity index (χ4n) is 2.64. The van der Waals surface area contributed by atoms with Crippen molar-refractivity contribution >= 4 is 32.3 Å². The third-order valence-electron chi connectivity index (χ3n) is 5.19. The van der Waals surface area contributed by atoms with Gasteiger partial charge >= 0.3 is 12.2 Å². The number of thioether (sulfide) groups is 1. The van der Waals surface area contributed by atoms with Gasteiger partial charge in [-0.15, -0.1) is 11.8 Å². The number of hydrogen-bond acceptors (Lipinski definition) is 7. The molecule has 0 saturated carbocycles. The number of amides is 1. The monoisotopic (exact) mass is 463 g/mol. The zero-order valence-corrected chi connectivity index (χ0v) is 22.2. The van der Waals surface area contributed by atoms with Crippen molar-refractivity contribution in [1.82, 2.24) is 4.90 Å². The van der Waals surface area contributed by atoms with Crippen LogP contribution in [0.4, 0.5) is 9.59 Å². The molecule has 0 aromatic carbocycles. The molecular weight excluding hydrogens is 422 g/mol. The highest BCUT2D eigenvalue weighted by Crippen LogP contribution is 2.39. The maximum absolute atomic E-state index is 12.6. The maximum Gasteiger partial charge on any atom is 0.509 e. The maximum atomic E-state index is 12.6. The van der Waals surface area contributed by atoms with Gasteiger partial charge in [-0.1, -0.05) is 20.8 Å². The molecule has 0 bridgehead atoms. The fraction of sp³-hybridized carbons (Fsp3) is 0.905. The molecule has 1 rings (SSSR count). The van der Waals surface area contributed by atoms with E-state index in [2.05, 4.69) is 33.9 Å². The highest BCUT2D eigenvalue weighted by atomic mass is 32.2. The molecule has 0 aromatic rings. The van der Waals surface area contributed by atoms with E-state index in [9.17, 15) is 9.59 Å². The highest BCUT2D eigenvalue weighted by molar-refractivity contribution is 7.99. The average Bonchev–Trinajstić information content (AvgIpc) is 2.52. The van der Waals surface area contributed by atoms with Crippen LogP contribution in [0.3, 0.4) is 0 Å². The van der Waals surface area contributed by atoms with Crippen LogP contribution in [0.25, 0.3) is 0 Å². The van der Waals surface area contributed by atoms with Gasteiger partial charge in [-0.2, -0.15) is 0 Å². The van der Waals surface area contributed by atoms with Gasteiger partial charge in [0.1, 0.15) is 11.5 Å². The van der Waals surface area contributed by atoms with Gasteiger partial charge in [0.15, 0.2) is 8.32 Å². The Morgan fingerprint density at radius 2 is 1.73 bits per heavy atom. The van der Waals surface area contributed by atoms with Gasteiger partial charge < -0.3 is 23.5 Å². The number of ether oxygens (including phenoxy) is 3. The number of likely N-dealkylation sites (tertiary alicyclic amines) is 1. The molecule has 1 saturated heterocycles. The van der Waals surface area contributed by atoms with Crippen LogP contribution in [-0.2, 0) is 18.6 Å². The predicted octanol–water partition coefficient (Wildman–Crippen LogP) is 5.64. The minimum Gasteiger partial charge on any atom is -0.444 e. The summed E-state index contributed by atoms with van der Waals surface area (Å²) < 4.78 is 22.5. The lowest BCUT2D eigenvalue weighted by Crippen LogP contribution is -2.55. The van der Waals surface area contributed by atoms with Gasteiger partial charge in [0.25, 0.3) is 0 Å². The molecule has 0 aromatic heterocycles. The number of piperidine rings is 1. The molecule has 7 nitrogen and oxygen atoms in total. The largest absolute Gasteiger partial charge is 0.509 e. The molecule has 0 radical (unpaired) electrons. The van der Waals surface area contributed by atoms with E-state index in [0.717, 1.165) is 6.42 Å². The minimum absolute atomic E-state index is 0.0496. The first-order valence-electron chi connectivity index (χ1n) is 10.6. The zero-order chi connectivity index (χ0) is 23.3. The number of hydrogen-bond donors (Lipinski definition) is 0. The van der Waals surface area contributed by atoms with E-state index >= 15 is 0 Å². The third kappa shape index (κ3) is 9.06. The molecule has 0 aliphatic carbocycles. The number of carbonyl (C=O) groups excluding carboxylic acids is 2. The Morgan fingerprint density at radius 1 is 1.13 bits per heavy atom. The molecule has 1 heterocycles. The summed E-state index contributed by atoms with van der Waals surface area (Å²) in [6.45, 7) is 21.2. The molecule has 1 aliphatic heterocycles.